The molecule has 9 nitrogen and oxygen atoms in total. The summed E-state index contributed by atoms with van der Waals surface area (Å²) in [5.41, 5.74) is 12.2. The number of amides is 1. The molecule has 0 atom stereocenters. The van der Waals surface area contributed by atoms with Crippen LogP contribution in [0, 0.1) is 0 Å². The first-order valence-electron chi connectivity index (χ1n) is 10.5. The van der Waals surface area contributed by atoms with Gasteiger partial charge in [0, 0.05) is 17.7 Å². The van der Waals surface area contributed by atoms with Gasteiger partial charge in [0.25, 0.3) is 5.91 Å². The fraction of sp³-hybridized carbons (Fsp3) is 0.208. The van der Waals surface area contributed by atoms with Gasteiger partial charge in [0.15, 0.2) is 5.82 Å². The van der Waals surface area contributed by atoms with Gasteiger partial charge >= 0.3 is 5.97 Å². The standard InChI is InChI=1S/C24H26N6O3/c1-3-33-21(31)15-28-30-16(2)22-23(25)26-14-20(29-22)18-10-7-11-19(12-18)24(32)27-13-17-8-5-4-6-9-17/h4-12,14,28H,3,13,15H2,1-2H3,(H2,25,26)(H,27,32)/b30-16+. The Kier molecular flexibility index (Phi) is 8.07. The average Bonchev–Trinajstić information content (AvgIpc) is 2.83. The molecule has 1 aromatic heterocycles. The van der Waals surface area contributed by atoms with Crippen molar-refractivity contribution in [1.82, 2.24) is 20.7 Å². The second kappa shape index (κ2) is 11.4. The second-order valence-electron chi connectivity index (χ2n) is 7.08. The number of nitrogens with one attached hydrogen (secondary N) is 2. The minimum absolute atomic E-state index is 0.0711. The van der Waals surface area contributed by atoms with E-state index in [0.29, 0.717) is 41.4 Å². The Labute approximate surface area is 192 Å². The van der Waals surface area contributed by atoms with Gasteiger partial charge in [0.1, 0.15) is 12.2 Å². The lowest BCUT2D eigenvalue weighted by Crippen LogP contribution is -2.22. The molecule has 0 unspecified atom stereocenters. The number of ether oxygens (including phenoxy) is 1. The van der Waals surface area contributed by atoms with Gasteiger partial charge in [-0.1, -0.05) is 42.5 Å². The number of hydrogen-bond donors (Lipinski definition) is 3. The van der Waals surface area contributed by atoms with Crippen LogP contribution in [-0.4, -0.2) is 40.7 Å². The second-order valence-corrected chi connectivity index (χ2v) is 7.08. The third-order valence-corrected chi connectivity index (χ3v) is 4.64. The van der Waals surface area contributed by atoms with Gasteiger partial charge in [-0.3, -0.25) is 15.0 Å². The Hall–Kier alpha value is -4.27. The molecule has 3 rings (SSSR count). The topological polar surface area (TPSA) is 132 Å². The predicted molar refractivity (Wildman–Crippen MR) is 126 cm³/mol. The molecule has 0 fully saturated rings. The summed E-state index contributed by atoms with van der Waals surface area (Å²) in [5, 5.41) is 7.04. The van der Waals surface area contributed by atoms with Crippen LogP contribution in [0.2, 0.25) is 0 Å². The molecule has 0 radical (unpaired) electrons. The van der Waals surface area contributed by atoms with Gasteiger partial charge in [-0.05, 0) is 31.5 Å². The normalized spacial score (nSPS) is 11.0. The molecule has 0 aliphatic carbocycles. The number of nitrogen functional groups attached to an aromatic ring is 1. The zero-order chi connectivity index (χ0) is 23.6. The molecule has 2 aromatic carbocycles. The number of carbonyl (C=O) groups is 2. The first-order chi connectivity index (χ1) is 16.0. The maximum absolute atomic E-state index is 12.6. The van der Waals surface area contributed by atoms with Crippen molar-refractivity contribution < 1.29 is 14.3 Å². The number of rotatable bonds is 9. The molecule has 1 heterocycles. The molecule has 0 saturated heterocycles. The van der Waals surface area contributed by atoms with E-state index in [4.69, 9.17) is 10.5 Å². The molecule has 3 aromatic rings. The largest absolute Gasteiger partial charge is 0.465 e. The number of hydrazone groups is 1. The van der Waals surface area contributed by atoms with Gasteiger partial charge in [0.2, 0.25) is 0 Å². The first kappa shape index (κ1) is 23.4. The summed E-state index contributed by atoms with van der Waals surface area (Å²) >= 11 is 0. The van der Waals surface area contributed by atoms with Crippen LogP contribution in [0.3, 0.4) is 0 Å². The van der Waals surface area contributed by atoms with Crippen LogP contribution < -0.4 is 16.5 Å². The van der Waals surface area contributed by atoms with E-state index in [0.717, 1.165) is 5.56 Å². The van der Waals surface area contributed by atoms with Crippen molar-refractivity contribution in [3.63, 3.8) is 0 Å². The van der Waals surface area contributed by atoms with Gasteiger partial charge in [-0.2, -0.15) is 5.10 Å². The van der Waals surface area contributed by atoms with Crippen molar-refractivity contribution in [3.8, 4) is 11.3 Å². The lowest BCUT2D eigenvalue weighted by molar-refractivity contribution is -0.141. The van der Waals surface area contributed by atoms with Crippen molar-refractivity contribution in [2.75, 3.05) is 18.9 Å². The number of aromatic nitrogens is 2. The summed E-state index contributed by atoms with van der Waals surface area (Å²) in [6.45, 7) is 4.10. The SMILES string of the molecule is CCOC(=O)CN/N=C(\C)c1nc(-c2cccc(C(=O)NCc3ccccc3)c2)cnc1N. The van der Waals surface area contributed by atoms with E-state index in [1.54, 1.807) is 38.2 Å². The van der Waals surface area contributed by atoms with E-state index in [1.807, 2.05) is 36.4 Å². The highest BCUT2D eigenvalue weighted by atomic mass is 16.5. The Morgan fingerprint density at radius 3 is 2.67 bits per heavy atom. The van der Waals surface area contributed by atoms with Crippen molar-refractivity contribution in [1.29, 1.82) is 0 Å². The van der Waals surface area contributed by atoms with Crippen LogP contribution in [0.25, 0.3) is 11.3 Å². The van der Waals surface area contributed by atoms with Gasteiger partial charge in [-0.15, -0.1) is 0 Å². The molecule has 4 N–H and O–H groups in total. The van der Waals surface area contributed by atoms with E-state index < -0.39 is 5.97 Å². The minimum Gasteiger partial charge on any atom is -0.465 e. The molecule has 9 heteroatoms. The smallest absolute Gasteiger partial charge is 0.327 e. The van der Waals surface area contributed by atoms with Crippen LogP contribution in [0.5, 0.6) is 0 Å². The molecule has 33 heavy (non-hydrogen) atoms. The highest BCUT2D eigenvalue weighted by Gasteiger charge is 2.12. The average molecular weight is 447 g/mol. The molecule has 0 aliphatic heterocycles. The third kappa shape index (κ3) is 6.60. The van der Waals surface area contributed by atoms with Crippen molar-refractivity contribution >= 4 is 23.4 Å². The molecule has 170 valence electrons. The van der Waals surface area contributed by atoms with Crippen molar-refractivity contribution in [3.05, 3.63) is 77.6 Å². The van der Waals surface area contributed by atoms with Crippen LogP contribution in [0.1, 0.15) is 35.5 Å². The van der Waals surface area contributed by atoms with E-state index in [2.05, 4.69) is 25.8 Å². The highest BCUT2D eigenvalue weighted by molar-refractivity contribution is 6.01. The zero-order valence-corrected chi connectivity index (χ0v) is 18.5. The number of hydrogen-bond acceptors (Lipinski definition) is 8. The van der Waals surface area contributed by atoms with Gasteiger partial charge in [-0.25, -0.2) is 9.97 Å². The van der Waals surface area contributed by atoms with Gasteiger partial charge < -0.3 is 15.8 Å². The summed E-state index contributed by atoms with van der Waals surface area (Å²) in [5.74, 6) is -0.399. The summed E-state index contributed by atoms with van der Waals surface area (Å²) < 4.78 is 4.85. The fourth-order valence-corrected chi connectivity index (χ4v) is 2.99. The maximum Gasteiger partial charge on any atom is 0.327 e. The van der Waals surface area contributed by atoms with Crippen LogP contribution >= 0.6 is 0 Å². The first-order valence-corrected chi connectivity index (χ1v) is 10.5. The molecule has 0 aliphatic rings. The number of carbonyl (C=O) groups excluding carboxylic acids is 2. The Balaban J connectivity index is 1.74. The van der Waals surface area contributed by atoms with Crippen molar-refractivity contribution in [2.24, 2.45) is 5.10 Å². The number of benzene rings is 2. The fourth-order valence-electron chi connectivity index (χ4n) is 2.99. The molecular weight excluding hydrogens is 420 g/mol. The number of nitrogens with two attached hydrogens (primary N) is 1. The van der Waals surface area contributed by atoms with E-state index in [9.17, 15) is 9.59 Å². The molecule has 0 saturated carbocycles. The number of nitrogens with zero attached hydrogens (tertiary/aromatic N) is 3. The summed E-state index contributed by atoms with van der Waals surface area (Å²) in [7, 11) is 0. The summed E-state index contributed by atoms with van der Waals surface area (Å²) in [4.78, 5) is 32.8. The number of esters is 1. The van der Waals surface area contributed by atoms with Crippen LogP contribution in [0.4, 0.5) is 5.82 Å². The summed E-state index contributed by atoms with van der Waals surface area (Å²) in [6.07, 6.45) is 1.54. The number of anilines is 1. The van der Waals surface area contributed by atoms with Crippen LogP contribution in [0.15, 0.2) is 65.9 Å². The maximum atomic E-state index is 12.6. The molecule has 0 spiro atoms. The molecule has 1 amide bonds. The lowest BCUT2D eigenvalue weighted by Gasteiger charge is -2.09. The van der Waals surface area contributed by atoms with E-state index in [1.165, 1.54) is 0 Å². The van der Waals surface area contributed by atoms with E-state index >= 15 is 0 Å². The third-order valence-electron chi connectivity index (χ3n) is 4.64. The Morgan fingerprint density at radius 1 is 1.12 bits per heavy atom. The predicted octanol–water partition coefficient (Wildman–Crippen LogP) is 2.53. The van der Waals surface area contributed by atoms with E-state index in [-0.39, 0.29) is 18.3 Å². The highest BCUT2D eigenvalue weighted by Crippen LogP contribution is 2.20. The Morgan fingerprint density at radius 2 is 1.91 bits per heavy atom. The van der Waals surface area contributed by atoms with Gasteiger partial charge in [0.05, 0.1) is 24.2 Å². The quantitative estimate of drug-likeness (QED) is 0.261. The molecular formula is C24H26N6O3. The monoisotopic (exact) mass is 446 g/mol. The van der Waals surface area contributed by atoms with Crippen molar-refractivity contribution in [2.45, 2.75) is 20.4 Å². The van der Waals surface area contributed by atoms with Crippen LogP contribution in [-0.2, 0) is 16.1 Å². The lowest BCUT2D eigenvalue weighted by atomic mass is 10.1. The summed E-state index contributed by atoms with van der Waals surface area (Å²) in [6, 6.07) is 16.8. The Bertz CT molecular complexity index is 1150. The minimum atomic E-state index is -0.413. The molecule has 0 bridgehead atoms. The zero-order valence-electron chi connectivity index (χ0n) is 18.5.